The standard InChI is InChI=1S/C21H18N2O/c1-23(15-16-8-4-2-5-9-16)21-22-19-14-18(12-13-20(19)24-21)17-10-6-3-7-11-17/h2-14H,15H2,1H3. The third kappa shape index (κ3) is 2.88. The third-order valence-corrected chi connectivity index (χ3v) is 4.07. The van der Waals surface area contributed by atoms with E-state index in [1.807, 2.05) is 54.4 Å². The van der Waals surface area contributed by atoms with Gasteiger partial charge in [0.15, 0.2) is 5.58 Å². The van der Waals surface area contributed by atoms with Crippen molar-refractivity contribution in [3.63, 3.8) is 0 Å². The first kappa shape index (κ1) is 14.5. The first-order valence-electron chi connectivity index (χ1n) is 8.01. The maximum atomic E-state index is 5.91. The number of oxazole rings is 1. The van der Waals surface area contributed by atoms with E-state index in [0.717, 1.165) is 23.2 Å². The number of anilines is 1. The molecule has 0 aliphatic heterocycles. The fourth-order valence-electron chi connectivity index (χ4n) is 2.81. The lowest BCUT2D eigenvalue weighted by Crippen LogP contribution is -2.16. The molecule has 3 heteroatoms. The summed E-state index contributed by atoms with van der Waals surface area (Å²) in [7, 11) is 2.00. The summed E-state index contributed by atoms with van der Waals surface area (Å²) in [5, 5.41) is 0. The summed E-state index contributed by atoms with van der Waals surface area (Å²) in [6, 6.07) is 27.4. The van der Waals surface area contributed by atoms with Gasteiger partial charge in [-0.1, -0.05) is 66.7 Å². The zero-order valence-electron chi connectivity index (χ0n) is 13.5. The van der Waals surface area contributed by atoms with Crippen molar-refractivity contribution in [1.82, 2.24) is 4.98 Å². The average Bonchev–Trinajstić information content (AvgIpc) is 3.07. The van der Waals surface area contributed by atoms with Gasteiger partial charge >= 0.3 is 0 Å². The third-order valence-electron chi connectivity index (χ3n) is 4.07. The van der Waals surface area contributed by atoms with Gasteiger partial charge < -0.3 is 9.32 Å². The largest absolute Gasteiger partial charge is 0.423 e. The molecule has 0 amide bonds. The van der Waals surface area contributed by atoms with Crippen molar-refractivity contribution < 1.29 is 4.42 Å². The topological polar surface area (TPSA) is 29.3 Å². The Morgan fingerprint density at radius 3 is 2.29 bits per heavy atom. The summed E-state index contributed by atoms with van der Waals surface area (Å²) in [6.45, 7) is 0.763. The van der Waals surface area contributed by atoms with Crippen molar-refractivity contribution in [2.24, 2.45) is 0 Å². The van der Waals surface area contributed by atoms with Crippen LogP contribution in [0.5, 0.6) is 0 Å². The Labute approximate surface area is 141 Å². The monoisotopic (exact) mass is 314 g/mol. The maximum absolute atomic E-state index is 5.91. The molecule has 24 heavy (non-hydrogen) atoms. The van der Waals surface area contributed by atoms with Crippen LogP contribution in [-0.4, -0.2) is 12.0 Å². The highest BCUT2D eigenvalue weighted by molar-refractivity contribution is 5.81. The molecular weight excluding hydrogens is 296 g/mol. The molecule has 0 fully saturated rings. The fourth-order valence-corrected chi connectivity index (χ4v) is 2.81. The average molecular weight is 314 g/mol. The molecule has 4 aromatic rings. The first-order chi connectivity index (χ1) is 11.8. The predicted octanol–water partition coefficient (Wildman–Crippen LogP) is 5.13. The first-order valence-corrected chi connectivity index (χ1v) is 8.01. The van der Waals surface area contributed by atoms with Crippen LogP contribution in [0.4, 0.5) is 6.01 Å². The van der Waals surface area contributed by atoms with Crippen LogP contribution >= 0.6 is 0 Å². The smallest absolute Gasteiger partial charge is 0.298 e. The molecular formula is C21H18N2O. The molecule has 0 atom stereocenters. The summed E-state index contributed by atoms with van der Waals surface area (Å²) in [5.41, 5.74) is 5.25. The second-order valence-electron chi connectivity index (χ2n) is 5.89. The van der Waals surface area contributed by atoms with E-state index in [0.29, 0.717) is 6.01 Å². The number of benzene rings is 3. The quantitative estimate of drug-likeness (QED) is 0.523. The molecule has 0 bridgehead atoms. The molecule has 1 heterocycles. The summed E-state index contributed by atoms with van der Waals surface area (Å²) in [4.78, 5) is 6.68. The Morgan fingerprint density at radius 2 is 1.54 bits per heavy atom. The number of fused-ring (bicyclic) bond motifs is 1. The van der Waals surface area contributed by atoms with Gasteiger partial charge in [-0.25, -0.2) is 0 Å². The Hall–Kier alpha value is -3.07. The van der Waals surface area contributed by atoms with Gasteiger partial charge in [0.1, 0.15) is 5.52 Å². The minimum atomic E-state index is 0.638. The van der Waals surface area contributed by atoms with Crippen LogP contribution in [-0.2, 0) is 6.54 Å². The number of hydrogen-bond acceptors (Lipinski definition) is 3. The van der Waals surface area contributed by atoms with Gasteiger partial charge in [0.25, 0.3) is 6.01 Å². The van der Waals surface area contributed by atoms with Crippen molar-refractivity contribution in [2.75, 3.05) is 11.9 Å². The zero-order valence-corrected chi connectivity index (χ0v) is 13.5. The molecule has 0 aliphatic carbocycles. The van der Waals surface area contributed by atoms with Crippen LogP contribution < -0.4 is 4.90 Å². The van der Waals surface area contributed by atoms with Crippen molar-refractivity contribution in [2.45, 2.75) is 6.54 Å². The van der Waals surface area contributed by atoms with E-state index in [2.05, 4.69) is 41.4 Å². The van der Waals surface area contributed by atoms with Crippen molar-refractivity contribution >= 4 is 17.1 Å². The van der Waals surface area contributed by atoms with Crippen molar-refractivity contribution in [1.29, 1.82) is 0 Å². The van der Waals surface area contributed by atoms with Gasteiger partial charge in [-0.2, -0.15) is 4.98 Å². The lowest BCUT2D eigenvalue weighted by atomic mass is 10.1. The molecule has 3 nitrogen and oxygen atoms in total. The van der Waals surface area contributed by atoms with Gasteiger partial charge in [0.05, 0.1) is 0 Å². The van der Waals surface area contributed by atoms with Gasteiger partial charge in [0.2, 0.25) is 0 Å². The second kappa shape index (κ2) is 6.20. The van der Waals surface area contributed by atoms with E-state index in [-0.39, 0.29) is 0 Å². The van der Waals surface area contributed by atoms with Crippen LogP contribution in [0.2, 0.25) is 0 Å². The summed E-state index contributed by atoms with van der Waals surface area (Å²) in [6.07, 6.45) is 0. The molecule has 1 aromatic heterocycles. The van der Waals surface area contributed by atoms with Gasteiger partial charge in [-0.05, 0) is 28.8 Å². The van der Waals surface area contributed by atoms with Crippen LogP contribution in [0, 0.1) is 0 Å². The number of aromatic nitrogens is 1. The number of rotatable bonds is 4. The Kier molecular flexibility index (Phi) is 3.75. The van der Waals surface area contributed by atoms with Crippen LogP contribution in [0.25, 0.3) is 22.2 Å². The van der Waals surface area contributed by atoms with E-state index in [4.69, 9.17) is 4.42 Å². The van der Waals surface area contributed by atoms with Crippen molar-refractivity contribution in [3.05, 3.63) is 84.4 Å². The molecule has 0 unspecified atom stereocenters. The molecule has 0 saturated carbocycles. The highest BCUT2D eigenvalue weighted by Gasteiger charge is 2.11. The molecule has 0 aliphatic rings. The molecule has 0 radical (unpaired) electrons. The highest BCUT2D eigenvalue weighted by atomic mass is 16.4. The Bertz CT molecular complexity index is 945. The van der Waals surface area contributed by atoms with Crippen LogP contribution in [0.1, 0.15) is 5.56 Å². The number of nitrogens with zero attached hydrogens (tertiary/aromatic N) is 2. The van der Waals surface area contributed by atoms with E-state index in [1.54, 1.807) is 0 Å². The Balaban J connectivity index is 1.63. The lowest BCUT2D eigenvalue weighted by molar-refractivity contribution is 0.582. The van der Waals surface area contributed by atoms with Gasteiger partial charge in [0, 0.05) is 13.6 Å². The minimum Gasteiger partial charge on any atom is -0.423 e. The van der Waals surface area contributed by atoms with Gasteiger partial charge in [-0.3, -0.25) is 0 Å². The maximum Gasteiger partial charge on any atom is 0.298 e. The van der Waals surface area contributed by atoms with Crippen LogP contribution in [0.15, 0.2) is 83.3 Å². The molecule has 0 N–H and O–H groups in total. The minimum absolute atomic E-state index is 0.638. The Morgan fingerprint density at radius 1 is 0.833 bits per heavy atom. The highest BCUT2D eigenvalue weighted by Crippen LogP contribution is 2.27. The zero-order chi connectivity index (χ0) is 16.4. The van der Waals surface area contributed by atoms with Gasteiger partial charge in [-0.15, -0.1) is 0 Å². The molecule has 3 aromatic carbocycles. The summed E-state index contributed by atoms with van der Waals surface area (Å²) in [5.74, 6) is 0. The molecule has 4 rings (SSSR count). The number of hydrogen-bond donors (Lipinski definition) is 0. The predicted molar refractivity (Wildman–Crippen MR) is 98.0 cm³/mol. The van der Waals surface area contributed by atoms with Crippen molar-refractivity contribution in [3.8, 4) is 11.1 Å². The second-order valence-corrected chi connectivity index (χ2v) is 5.89. The van der Waals surface area contributed by atoms with E-state index in [1.165, 1.54) is 11.1 Å². The van der Waals surface area contributed by atoms with E-state index in [9.17, 15) is 0 Å². The van der Waals surface area contributed by atoms with E-state index >= 15 is 0 Å². The molecule has 0 spiro atoms. The normalized spacial score (nSPS) is 10.9. The van der Waals surface area contributed by atoms with Crippen LogP contribution in [0.3, 0.4) is 0 Å². The lowest BCUT2D eigenvalue weighted by Gasteiger charge is -2.13. The SMILES string of the molecule is CN(Cc1ccccc1)c1nc2cc(-c3ccccc3)ccc2o1. The fraction of sp³-hybridized carbons (Fsp3) is 0.0952. The molecule has 0 saturated heterocycles. The molecule has 118 valence electrons. The summed E-state index contributed by atoms with van der Waals surface area (Å²) < 4.78 is 5.91. The summed E-state index contributed by atoms with van der Waals surface area (Å²) >= 11 is 0. The van der Waals surface area contributed by atoms with E-state index < -0.39 is 0 Å².